The van der Waals surface area contributed by atoms with E-state index in [-0.39, 0.29) is 23.7 Å². The molecule has 0 amide bonds. The molecule has 0 heterocycles. The van der Waals surface area contributed by atoms with Crippen LogP contribution in [-0.4, -0.2) is 42.3 Å². The van der Waals surface area contributed by atoms with E-state index >= 15 is 0 Å². The molecule has 0 spiro atoms. The number of allylic oxidation sites excluding steroid dienone is 4. The predicted molar refractivity (Wildman–Crippen MR) is 135 cm³/mol. The first kappa shape index (κ1) is 23.4. The number of aliphatic hydroxyl groups is 2. The molecular weight excluding hydrogens is 422 g/mol. The molecule has 4 aliphatic rings. The lowest BCUT2D eigenvalue weighted by Crippen LogP contribution is -2.52. The highest BCUT2D eigenvalue weighted by Crippen LogP contribution is 2.67. The summed E-state index contributed by atoms with van der Waals surface area (Å²) in [6.07, 6.45) is 6.73. The fourth-order valence-corrected chi connectivity index (χ4v) is 7.71. The molecule has 6 atom stereocenters. The van der Waals surface area contributed by atoms with Crippen LogP contribution in [0.15, 0.2) is 47.1 Å². The van der Waals surface area contributed by atoms with Gasteiger partial charge < -0.3 is 15.1 Å². The number of carbonyl (C=O) groups is 1. The maximum Gasteiger partial charge on any atom is 0.156 e. The van der Waals surface area contributed by atoms with Gasteiger partial charge in [-0.3, -0.25) is 4.79 Å². The van der Waals surface area contributed by atoms with Crippen molar-refractivity contribution >= 4 is 11.5 Å². The quantitative estimate of drug-likeness (QED) is 0.634. The van der Waals surface area contributed by atoms with Gasteiger partial charge in [-0.2, -0.15) is 0 Å². The molecular formula is C30H37NO3. The van der Waals surface area contributed by atoms with Gasteiger partial charge in [-0.05, 0) is 84.8 Å². The van der Waals surface area contributed by atoms with Crippen LogP contribution in [0.3, 0.4) is 0 Å². The lowest BCUT2D eigenvalue weighted by atomic mass is 9.49. The van der Waals surface area contributed by atoms with Crippen molar-refractivity contribution in [1.29, 1.82) is 0 Å². The van der Waals surface area contributed by atoms with Gasteiger partial charge in [0.15, 0.2) is 5.78 Å². The maximum atomic E-state index is 12.3. The molecule has 4 aliphatic carbocycles. The summed E-state index contributed by atoms with van der Waals surface area (Å²) in [4.78, 5) is 14.4. The Hall–Kier alpha value is -2.35. The Morgan fingerprint density at radius 2 is 1.91 bits per heavy atom. The largest absolute Gasteiger partial charge is 0.384 e. The molecule has 2 saturated carbocycles. The van der Waals surface area contributed by atoms with E-state index in [1.54, 1.807) is 0 Å². The number of rotatable bonds is 2. The van der Waals surface area contributed by atoms with Gasteiger partial charge in [0.1, 0.15) is 12.2 Å². The Bertz CT molecular complexity index is 1120. The summed E-state index contributed by atoms with van der Waals surface area (Å²) in [6.45, 7) is 4.34. The molecule has 2 fully saturated rings. The molecule has 180 valence electrons. The summed E-state index contributed by atoms with van der Waals surface area (Å²) in [5.74, 6) is 7.47. The third-order valence-corrected chi connectivity index (χ3v) is 9.41. The Kier molecular flexibility index (Phi) is 5.78. The van der Waals surface area contributed by atoms with Gasteiger partial charge in [0.25, 0.3) is 0 Å². The Balaban J connectivity index is 1.69. The predicted octanol–water partition coefficient (Wildman–Crippen LogP) is 4.62. The average molecular weight is 460 g/mol. The minimum absolute atomic E-state index is 0.192. The first-order valence-corrected chi connectivity index (χ1v) is 12.8. The summed E-state index contributed by atoms with van der Waals surface area (Å²) in [6, 6.07) is 8.87. The highest BCUT2D eigenvalue weighted by Gasteiger charge is 2.63. The molecule has 5 rings (SSSR count). The topological polar surface area (TPSA) is 60.8 Å². The third-order valence-electron chi connectivity index (χ3n) is 9.41. The number of nitrogens with zero attached hydrogens (tertiary/aromatic N) is 1. The van der Waals surface area contributed by atoms with E-state index in [0.717, 1.165) is 25.7 Å². The maximum absolute atomic E-state index is 12.3. The zero-order valence-electron chi connectivity index (χ0n) is 20.9. The van der Waals surface area contributed by atoms with E-state index in [1.807, 2.05) is 6.08 Å². The molecule has 0 aromatic heterocycles. The van der Waals surface area contributed by atoms with Crippen molar-refractivity contribution in [3.05, 3.63) is 52.6 Å². The van der Waals surface area contributed by atoms with Crippen molar-refractivity contribution in [3.63, 3.8) is 0 Å². The van der Waals surface area contributed by atoms with Gasteiger partial charge in [0, 0.05) is 37.5 Å². The molecule has 1 aromatic carbocycles. The lowest BCUT2D eigenvalue weighted by Gasteiger charge is -2.55. The Labute approximate surface area is 203 Å². The second-order valence-electron chi connectivity index (χ2n) is 11.4. The highest BCUT2D eigenvalue weighted by atomic mass is 16.3. The molecule has 0 bridgehead atoms. The van der Waals surface area contributed by atoms with Crippen molar-refractivity contribution in [3.8, 4) is 11.8 Å². The number of hydrogen-bond acceptors (Lipinski definition) is 4. The van der Waals surface area contributed by atoms with Crippen LogP contribution in [0.4, 0.5) is 5.69 Å². The van der Waals surface area contributed by atoms with Crippen LogP contribution in [0.1, 0.15) is 63.9 Å². The van der Waals surface area contributed by atoms with E-state index in [2.05, 4.69) is 68.9 Å². The number of carbonyl (C=O) groups excluding carboxylic acids is 1. The van der Waals surface area contributed by atoms with Crippen molar-refractivity contribution in [1.82, 2.24) is 0 Å². The van der Waals surface area contributed by atoms with Gasteiger partial charge in [-0.1, -0.05) is 43.4 Å². The highest BCUT2D eigenvalue weighted by molar-refractivity contribution is 5.93. The average Bonchev–Trinajstić information content (AvgIpc) is 3.07. The molecule has 1 aromatic rings. The van der Waals surface area contributed by atoms with Crippen LogP contribution in [-0.2, 0) is 4.79 Å². The molecule has 0 aliphatic heterocycles. The number of hydrogen-bond donors (Lipinski definition) is 2. The van der Waals surface area contributed by atoms with Crippen LogP contribution in [0.25, 0.3) is 0 Å². The normalized spacial score (nSPS) is 36.6. The van der Waals surface area contributed by atoms with Gasteiger partial charge in [-0.25, -0.2) is 0 Å². The fraction of sp³-hybridized carbons (Fsp3) is 0.567. The number of anilines is 1. The Morgan fingerprint density at radius 1 is 1.18 bits per heavy atom. The number of fused-ring (bicyclic) bond motifs is 4. The first-order valence-electron chi connectivity index (χ1n) is 12.8. The fourth-order valence-electron chi connectivity index (χ4n) is 7.71. The van der Waals surface area contributed by atoms with Crippen LogP contribution >= 0.6 is 0 Å². The van der Waals surface area contributed by atoms with Gasteiger partial charge in [0.05, 0.1) is 0 Å². The minimum Gasteiger partial charge on any atom is -0.384 e. The van der Waals surface area contributed by atoms with Gasteiger partial charge in [0.2, 0.25) is 0 Å². The molecule has 4 nitrogen and oxygen atoms in total. The van der Waals surface area contributed by atoms with Crippen molar-refractivity contribution in [2.45, 2.75) is 63.9 Å². The summed E-state index contributed by atoms with van der Waals surface area (Å²) >= 11 is 0. The lowest BCUT2D eigenvalue weighted by molar-refractivity contribution is -0.114. The summed E-state index contributed by atoms with van der Waals surface area (Å²) < 4.78 is 0. The van der Waals surface area contributed by atoms with Crippen molar-refractivity contribution in [2.75, 3.05) is 25.6 Å². The number of benzene rings is 1. The zero-order valence-corrected chi connectivity index (χ0v) is 20.9. The van der Waals surface area contributed by atoms with Crippen LogP contribution in [0.5, 0.6) is 0 Å². The molecule has 2 N–H and O–H groups in total. The molecule has 0 radical (unpaired) electrons. The molecule has 0 saturated heterocycles. The first-order chi connectivity index (χ1) is 16.2. The number of aliphatic hydroxyl groups excluding tert-OH is 1. The van der Waals surface area contributed by atoms with Gasteiger partial charge in [-0.15, -0.1) is 0 Å². The Morgan fingerprint density at radius 3 is 2.59 bits per heavy atom. The monoisotopic (exact) mass is 459 g/mol. The third kappa shape index (κ3) is 3.48. The summed E-state index contributed by atoms with van der Waals surface area (Å²) in [7, 11) is 4.11. The van der Waals surface area contributed by atoms with Crippen molar-refractivity contribution < 1.29 is 15.0 Å². The molecule has 34 heavy (non-hydrogen) atoms. The molecule has 4 heteroatoms. The molecule has 0 unspecified atom stereocenters. The summed E-state index contributed by atoms with van der Waals surface area (Å²) in [5, 5.41) is 21.2. The van der Waals surface area contributed by atoms with Crippen LogP contribution in [0, 0.1) is 35.0 Å². The second-order valence-corrected chi connectivity index (χ2v) is 11.4. The SMILES string of the molecule is C[C@H]1CC2=CC(=O)CCC2=C2[C@@H]1[C@@H]1CC[C@](O)(C#CCO)[C@@]1(C)C[C@@H]2c1ccc(N(C)C)cc1. The van der Waals surface area contributed by atoms with E-state index in [9.17, 15) is 15.0 Å². The van der Waals surface area contributed by atoms with Crippen molar-refractivity contribution in [2.24, 2.45) is 23.2 Å². The standard InChI is InChI=1S/C30H37NO3/c1-19-16-21-17-23(33)10-11-24(21)28-25(20-6-8-22(9-7-20)31(3)4)18-29(2)26(27(19)28)12-14-30(29,34)13-5-15-32/h6-9,17,19,25-27,32,34H,10-12,14-16,18H2,1-4H3/t19-,25+,26-,27-,29-,30+/m0/s1. The zero-order chi connectivity index (χ0) is 24.3. The summed E-state index contributed by atoms with van der Waals surface area (Å²) in [5.41, 5.74) is 5.21. The smallest absolute Gasteiger partial charge is 0.156 e. The van der Waals surface area contributed by atoms with Crippen LogP contribution < -0.4 is 4.90 Å². The van der Waals surface area contributed by atoms with E-state index in [0.29, 0.717) is 30.6 Å². The van der Waals surface area contributed by atoms with E-state index < -0.39 is 5.60 Å². The number of ketones is 1. The van der Waals surface area contributed by atoms with E-state index in [4.69, 9.17) is 0 Å². The van der Waals surface area contributed by atoms with E-state index in [1.165, 1.54) is 28.0 Å². The van der Waals surface area contributed by atoms with Gasteiger partial charge >= 0.3 is 0 Å². The minimum atomic E-state index is -1.09. The second kappa shape index (κ2) is 8.40. The van der Waals surface area contributed by atoms with Crippen LogP contribution in [0.2, 0.25) is 0 Å².